The van der Waals surface area contributed by atoms with E-state index in [2.05, 4.69) is 110 Å². The smallest absolute Gasteiger partial charge is 0.263 e. The van der Waals surface area contributed by atoms with Crippen LogP contribution in [0, 0.1) is 31.6 Å². The number of nitrogens with one attached hydrogen (secondary N) is 3. The number of aromatic nitrogens is 2. The van der Waals surface area contributed by atoms with Gasteiger partial charge in [-0.1, -0.05) is 24.3 Å². The van der Waals surface area contributed by atoms with Crippen molar-refractivity contribution in [1.29, 1.82) is 0 Å². The molecule has 5 heterocycles. The number of pyridine rings is 1. The summed E-state index contributed by atoms with van der Waals surface area (Å²) in [6.45, 7) is 12.2. The molecule has 4 aromatic heterocycles. The van der Waals surface area contributed by atoms with Crippen molar-refractivity contribution < 1.29 is 14.3 Å². The number of thiophene rings is 2. The monoisotopic (exact) mass is 879 g/mol. The van der Waals surface area contributed by atoms with Gasteiger partial charge in [-0.2, -0.15) is 0 Å². The first-order valence-corrected chi connectivity index (χ1v) is 24.4. The maximum Gasteiger partial charge on any atom is 0.263 e. The number of rotatable bonds is 14. The third-order valence-electron chi connectivity index (χ3n) is 13.8. The summed E-state index contributed by atoms with van der Waals surface area (Å²) in [5.41, 5.74) is 18.1. The number of amides is 2. The minimum absolute atomic E-state index is 0.0613. The fraction of sp³-hybridized carbons (Fsp3) is 0.392. The Bertz CT molecular complexity index is 2830. The highest BCUT2D eigenvalue weighted by Crippen LogP contribution is 2.44. The maximum absolute atomic E-state index is 13.5. The molecule has 12 heteroatoms. The molecule has 0 spiro atoms. The molecule has 3 aliphatic rings. The Hall–Kier alpha value is -5.27. The van der Waals surface area contributed by atoms with E-state index in [0.717, 1.165) is 80.7 Å². The lowest BCUT2D eigenvalue weighted by molar-refractivity contribution is -0.128. The van der Waals surface area contributed by atoms with E-state index in [0.29, 0.717) is 42.2 Å². The molecule has 3 aromatic carbocycles. The summed E-state index contributed by atoms with van der Waals surface area (Å²) in [6.07, 6.45) is 4.80. The van der Waals surface area contributed by atoms with Gasteiger partial charge in [-0.25, -0.2) is 4.98 Å². The molecule has 2 amide bonds. The quantitative estimate of drug-likeness (QED) is 0.0804. The first kappa shape index (κ1) is 41.7. The summed E-state index contributed by atoms with van der Waals surface area (Å²) >= 11 is 3.17. The molecule has 2 bridgehead atoms. The molecule has 1 unspecified atom stereocenters. The van der Waals surface area contributed by atoms with Crippen LogP contribution in [0.3, 0.4) is 0 Å². The highest BCUT2D eigenvalue weighted by molar-refractivity contribution is 7.21. The van der Waals surface area contributed by atoms with Gasteiger partial charge < -0.3 is 35.9 Å². The van der Waals surface area contributed by atoms with E-state index in [4.69, 9.17) is 10.5 Å². The van der Waals surface area contributed by atoms with Gasteiger partial charge in [-0.15, -0.1) is 22.7 Å². The first-order valence-electron chi connectivity index (χ1n) is 22.7. The van der Waals surface area contributed by atoms with Gasteiger partial charge in [0, 0.05) is 94.7 Å². The van der Waals surface area contributed by atoms with Crippen LogP contribution in [0.15, 0.2) is 78.2 Å². The molecular weight excluding hydrogens is 823 g/mol. The SMILES string of the molecule is CCn1c2ccc(CNCCOCCNC(=O)C3[C@@H]4CC[C@H]3CN(c3ccc5c(c3)CC[C@H](NC(=O)c3sc6nc(C)ccc6c3N)C5)C4)cc2c2ccc(-c3cc(C)cs3)cc21. The predicted octanol–water partition coefficient (Wildman–Crippen LogP) is 9.02. The maximum atomic E-state index is 13.5. The summed E-state index contributed by atoms with van der Waals surface area (Å²) in [5, 5.41) is 15.7. The Morgan fingerprint density at radius 1 is 0.873 bits per heavy atom. The molecule has 1 saturated heterocycles. The van der Waals surface area contributed by atoms with E-state index in [1.807, 2.05) is 19.1 Å². The second-order valence-corrected chi connectivity index (χ2v) is 19.9. The van der Waals surface area contributed by atoms with Gasteiger partial charge in [0.05, 0.1) is 18.9 Å². The third kappa shape index (κ3) is 8.34. The molecule has 2 fully saturated rings. The van der Waals surface area contributed by atoms with Crippen LogP contribution in [0.25, 0.3) is 42.5 Å². The Balaban J connectivity index is 0.657. The van der Waals surface area contributed by atoms with Crippen LogP contribution < -0.4 is 26.6 Å². The highest BCUT2D eigenvalue weighted by atomic mass is 32.1. The Morgan fingerprint density at radius 3 is 2.51 bits per heavy atom. The van der Waals surface area contributed by atoms with E-state index < -0.39 is 0 Å². The zero-order chi connectivity index (χ0) is 43.2. The van der Waals surface area contributed by atoms with Crippen molar-refractivity contribution in [2.75, 3.05) is 50.0 Å². The average molecular weight is 880 g/mol. The van der Waals surface area contributed by atoms with Crippen LogP contribution in [-0.4, -0.2) is 66.8 Å². The minimum atomic E-state index is -0.113. The lowest BCUT2D eigenvalue weighted by Crippen LogP contribution is -2.48. The van der Waals surface area contributed by atoms with Gasteiger partial charge in [0.15, 0.2) is 0 Å². The highest BCUT2D eigenvalue weighted by Gasteiger charge is 2.45. The van der Waals surface area contributed by atoms with Gasteiger partial charge in [0.1, 0.15) is 9.71 Å². The molecule has 326 valence electrons. The second kappa shape index (κ2) is 17.7. The normalized spacial score (nSPS) is 19.6. The molecule has 0 radical (unpaired) electrons. The van der Waals surface area contributed by atoms with Crippen molar-refractivity contribution in [3.05, 3.63) is 111 Å². The molecule has 5 N–H and O–H groups in total. The summed E-state index contributed by atoms with van der Waals surface area (Å²) in [5.74, 6) is 0.851. The number of ether oxygens (including phenoxy) is 1. The predicted molar refractivity (Wildman–Crippen MR) is 259 cm³/mol. The van der Waals surface area contributed by atoms with Gasteiger partial charge >= 0.3 is 0 Å². The molecule has 1 aliphatic heterocycles. The number of piperidine rings is 1. The van der Waals surface area contributed by atoms with Crippen molar-refractivity contribution in [3.8, 4) is 10.4 Å². The molecule has 10 nitrogen and oxygen atoms in total. The fourth-order valence-electron chi connectivity index (χ4n) is 10.6. The second-order valence-electron chi connectivity index (χ2n) is 17.9. The third-order valence-corrected chi connectivity index (χ3v) is 16.0. The van der Waals surface area contributed by atoms with Crippen molar-refractivity contribution in [2.24, 2.45) is 17.8 Å². The van der Waals surface area contributed by atoms with E-state index in [1.165, 1.54) is 71.5 Å². The van der Waals surface area contributed by atoms with Crippen LogP contribution in [0.4, 0.5) is 11.4 Å². The zero-order valence-corrected chi connectivity index (χ0v) is 38.1. The lowest BCUT2D eigenvalue weighted by Gasteiger charge is -2.39. The number of hydrogen-bond acceptors (Lipinski definition) is 9. The Labute approximate surface area is 377 Å². The molecule has 1 saturated carbocycles. The van der Waals surface area contributed by atoms with Crippen LogP contribution in [0.1, 0.15) is 63.8 Å². The van der Waals surface area contributed by atoms with Crippen molar-refractivity contribution in [2.45, 2.75) is 72.0 Å². The van der Waals surface area contributed by atoms with Crippen molar-refractivity contribution >= 4 is 77.9 Å². The van der Waals surface area contributed by atoms with E-state index in [1.54, 1.807) is 11.3 Å². The fourth-order valence-corrected chi connectivity index (χ4v) is 12.5. The van der Waals surface area contributed by atoms with E-state index >= 15 is 0 Å². The number of hydrogen-bond donors (Lipinski definition) is 4. The van der Waals surface area contributed by atoms with Gasteiger partial charge in [0.2, 0.25) is 5.91 Å². The molecule has 2 aliphatic carbocycles. The topological polar surface area (TPSA) is 127 Å². The number of anilines is 2. The van der Waals surface area contributed by atoms with Crippen LogP contribution in [0.5, 0.6) is 0 Å². The summed E-state index contributed by atoms with van der Waals surface area (Å²) in [7, 11) is 0. The molecule has 7 aromatic rings. The summed E-state index contributed by atoms with van der Waals surface area (Å²) in [6, 6.07) is 26.8. The minimum Gasteiger partial charge on any atom is -0.397 e. The van der Waals surface area contributed by atoms with E-state index in [-0.39, 0.29) is 23.8 Å². The molecule has 63 heavy (non-hydrogen) atoms. The van der Waals surface area contributed by atoms with Gasteiger partial charge in [0.25, 0.3) is 5.91 Å². The summed E-state index contributed by atoms with van der Waals surface area (Å²) < 4.78 is 8.37. The van der Waals surface area contributed by atoms with Crippen molar-refractivity contribution in [3.63, 3.8) is 0 Å². The van der Waals surface area contributed by atoms with Crippen LogP contribution >= 0.6 is 22.7 Å². The van der Waals surface area contributed by atoms with Gasteiger partial charge in [-0.3, -0.25) is 9.59 Å². The molecule has 4 atom stereocenters. The summed E-state index contributed by atoms with van der Waals surface area (Å²) in [4.78, 5) is 36.5. The first-order chi connectivity index (χ1) is 30.7. The Morgan fingerprint density at radius 2 is 1.70 bits per heavy atom. The number of carbonyl (C=O) groups is 2. The average Bonchev–Trinajstić information content (AvgIpc) is 4.03. The molecular formula is C51H57N7O3S2. The number of fused-ring (bicyclic) bond motifs is 7. The van der Waals surface area contributed by atoms with Gasteiger partial charge in [-0.05, 0) is 146 Å². The van der Waals surface area contributed by atoms with E-state index in [9.17, 15) is 9.59 Å². The van der Waals surface area contributed by atoms with Crippen LogP contribution in [-0.2, 0) is 35.5 Å². The Kier molecular flexibility index (Phi) is 11.7. The standard InChI is InChI=1S/C51H57N7O3S2/c1-4-58-43-16-6-32(22-42(43)40-15-11-35(25-44(40)58)45-21-30(2)29-62-45)26-53-17-19-61-20-18-54-49(59)46-36-7-8-37(46)28-57(27-36)39-13-10-33-23-38(12-9-34(33)24-39)56-50(60)48-47(52)41-14-5-31(3)55-51(41)63-48/h5-6,10-11,13-16,21-22,24-25,29,36-38,46,53H,4,7-9,12,17-20,23,26-28,52H2,1-3H3,(H,54,59)(H,56,60)/t36-,37+,38-,46?/m0/s1. The lowest BCUT2D eigenvalue weighted by atomic mass is 9.83. The molecule has 10 rings (SSSR count). The number of benzene rings is 3. The number of nitrogens with two attached hydrogens (primary N) is 1. The number of nitrogen functional groups attached to an aromatic ring is 1. The largest absolute Gasteiger partial charge is 0.397 e. The number of carbonyl (C=O) groups excluding carboxylic acids is 2. The number of nitrogens with zero attached hydrogens (tertiary/aromatic N) is 3. The zero-order valence-electron chi connectivity index (χ0n) is 36.5. The van der Waals surface area contributed by atoms with Crippen molar-refractivity contribution in [1.82, 2.24) is 25.5 Å². The number of aryl methyl sites for hydroxylation is 4. The van der Waals surface area contributed by atoms with Crippen LogP contribution in [0.2, 0.25) is 0 Å².